The quantitative estimate of drug-likeness (QED) is 0.489. The minimum absolute atomic E-state index is 0.0502. The lowest BCUT2D eigenvalue weighted by atomic mass is 10.0. The van der Waals surface area contributed by atoms with Crippen molar-refractivity contribution < 1.29 is 27.4 Å². The Balaban J connectivity index is 1.71. The Morgan fingerprint density at radius 3 is 2.54 bits per heavy atom. The van der Waals surface area contributed by atoms with Gasteiger partial charge in [-0.25, -0.2) is 12.8 Å². The van der Waals surface area contributed by atoms with Crippen LogP contribution in [-0.2, 0) is 10.0 Å². The average Bonchev–Trinajstić information content (AvgIpc) is 2.94. The molecule has 3 aromatic rings. The molecule has 0 saturated carbocycles. The van der Waals surface area contributed by atoms with Gasteiger partial charge in [0.1, 0.15) is 28.3 Å². The number of hydrogen-bond donors (Lipinski definition) is 1. The van der Waals surface area contributed by atoms with Gasteiger partial charge in [-0.2, -0.15) is 4.31 Å². The molecule has 3 atom stereocenters. The van der Waals surface area contributed by atoms with Crippen LogP contribution in [0.4, 0.5) is 4.39 Å². The Bertz CT molecular complexity index is 1490. The van der Waals surface area contributed by atoms with Crippen molar-refractivity contribution in [3.8, 4) is 17.6 Å². The zero-order valence-corrected chi connectivity index (χ0v) is 22.7. The number of carbonyl (C=O) groups is 1. The van der Waals surface area contributed by atoms with Gasteiger partial charge in [-0.1, -0.05) is 24.8 Å². The molecule has 0 unspecified atom stereocenters. The zero-order valence-electron chi connectivity index (χ0n) is 21.9. The first kappa shape index (κ1) is 28.2. The Morgan fingerprint density at radius 1 is 1.18 bits per heavy atom. The fraction of sp³-hybridized carbons (Fsp3) is 0.310. The maximum atomic E-state index is 13.7. The van der Waals surface area contributed by atoms with Crippen molar-refractivity contribution in [3.63, 3.8) is 0 Å². The van der Waals surface area contributed by atoms with Gasteiger partial charge in [0.05, 0.1) is 13.2 Å². The van der Waals surface area contributed by atoms with Crippen molar-refractivity contribution in [1.29, 1.82) is 0 Å². The summed E-state index contributed by atoms with van der Waals surface area (Å²) >= 11 is 0. The summed E-state index contributed by atoms with van der Waals surface area (Å²) < 4.78 is 48.1. The summed E-state index contributed by atoms with van der Waals surface area (Å²) in [4.78, 5) is 18.5. The Morgan fingerprint density at radius 2 is 1.87 bits per heavy atom. The summed E-state index contributed by atoms with van der Waals surface area (Å²) in [7, 11) is -2.38. The highest BCUT2D eigenvalue weighted by Gasteiger charge is 2.38. The number of pyridine rings is 1. The summed E-state index contributed by atoms with van der Waals surface area (Å²) in [5, 5.41) is 9.83. The molecule has 39 heavy (non-hydrogen) atoms. The summed E-state index contributed by atoms with van der Waals surface area (Å²) in [5.41, 5.74) is 1.39. The van der Waals surface area contributed by atoms with Gasteiger partial charge < -0.3 is 14.7 Å². The molecule has 2 aromatic carbocycles. The Hall–Kier alpha value is -3.78. The largest absolute Gasteiger partial charge is 0.487 e. The molecule has 1 aromatic heterocycles. The summed E-state index contributed by atoms with van der Waals surface area (Å²) in [6.45, 7) is 3.39. The van der Waals surface area contributed by atoms with Gasteiger partial charge in [0, 0.05) is 42.9 Å². The van der Waals surface area contributed by atoms with E-state index in [4.69, 9.17) is 4.74 Å². The van der Waals surface area contributed by atoms with Gasteiger partial charge >= 0.3 is 0 Å². The summed E-state index contributed by atoms with van der Waals surface area (Å²) in [5.74, 6) is 5.02. The molecule has 2 heterocycles. The number of benzene rings is 2. The SMILES string of the molecule is C[C@H]1CN([C@@H](C)CO)S(=O)(=O)c2ccc(C#Cc3ccc(F)cc3)cc2O[C@@H]1CN(C)C(=O)c1ccccn1. The van der Waals surface area contributed by atoms with Crippen LogP contribution < -0.4 is 4.74 Å². The number of aliphatic hydroxyl groups excluding tert-OH is 1. The number of amides is 1. The topological polar surface area (TPSA) is 100 Å². The normalized spacial score (nSPS) is 19.3. The fourth-order valence-corrected chi connectivity index (χ4v) is 6.06. The third-order valence-electron chi connectivity index (χ3n) is 6.55. The second kappa shape index (κ2) is 11.9. The van der Waals surface area contributed by atoms with Crippen LogP contribution in [0.2, 0.25) is 0 Å². The molecular formula is C29H30FN3O5S. The molecule has 4 rings (SSSR count). The van der Waals surface area contributed by atoms with Crippen LogP contribution in [-0.4, -0.2) is 72.5 Å². The number of ether oxygens (including phenoxy) is 1. The molecule has 1 aliphatic heterocycles. The molecular weight excluding hydrogens is 521 g/mol. The van der Waals surface area contributed by atoms with E-state index in [1.165, 1.54) is 27.4 Å². The third kappa shape index (κ3) is 6.45. The molecule has 1 aliphatic rings. The Kier molecular flexibility index (Phi) is 8.65. The van der Waals surface area contributed by atoms with Gasteiger partial charge in [-0.15, -0.1) is 0 Å². The maximum Gasteiger partial charge on any atom is 0.272 e. The summed E-state index contributed by atoms with van der Waals surface area (Å²) in [6, 6.07) is 14.7. The number of halogens is 1. The lowest BCUT2D eigenvalue weighted by molar-refractivity contribution is 0.0559. The van der Waals surface area contributed by atoms with Crippen molar-refractivity contribution in [2.45, 2.75) is 30.9 Å². The van der Waals surface area contributed by atoms with E-state index in [-0.39, 0.29) is 53.7 Å². The van der Waals surface area contributed by atoms with E-state index in [9.17, 15) is 22.7 Å². The van der Waals surface area contributed by atoms with Crippen molar-refractivity contribution >= 4 is 15.9 Å². The van der Waals surface area contributed by atoms with Crippen molar-refractivity contribution in [2.75, 3.05) is 26.7 Å². The third-order valence-corrected chi connectivity index (χ3v) is 8.57. The average molecular weight is 552 g/mol. The van der Waals surface area contributed by atoms with Crippen LogP contribution in [0.25, 0.3) is 0 Å². The van der Waals surface area contributed by atoms with E-state index in [1.807, 2.05) is 6.92 Å². The van der Waals surface area contributed by atoms with Crippen molar-refractivity contribution in [3.05, 3.63) is 89.5 Å². The molecule has 0 fully saturated rings. The van der Waals surface area contributed by atoms with E-state index in [1.54, 1.807) is 62.6 Å². The first-order chi connectivity index (χ1) is 18.6. The van der Waals surface area contributed by atoms with Crippen LogP contribution in [0, 0.1) is 23.6 Å². The molecule has 10 heteroatoms. The van der Waals surface area contributed by atoms with E-state index >= 15 is 0 Å². The van der Waals surface area contributed by atoms with Crippen LogP contribution >= 0.6 is 0 Å². The number of nitrogens with zero attached hydrogens (tertiary/aromatic N) is 3. The molecule has 1 N–H and O–H groups in total. The predicted octanol–water partition coefficient (Wildman–Crippen LogP) is 3.16. The number of carbonyl (C=O) groups excluding carboxylic acids is 1. The molecule has 204 valence electrons. The molecule has 8 nitrogen and oxygen atoms in total. The first-order valence-corrected chi connectivity index (χ1v) is 13.9. The standard InChI is InChI=1S/C29H30FN3O5S/c1-20-17-33(21(2)19-34)39(36,37)28-14-11-23(8-7-22-9-12-24(30)13-10-22)16-26(28)38-27(20)18-32(3)29(35)25-6-4-5-15-31-25/h4-6,9-16,20-21,27,34H,17-19H2,1-3H3/t20-,21-,27+/m0/s1. The zero-order chi connectivity index (χ0) is 28.2. The van der Waals surface area contributed by atoms with Gasteiger partial charge in [0.25, 0.3) is 5.91 Å². The number of likely N-dealkylation sites (N-methyl/N-ethyl adjacent to an activating group) is 1. The van der Waals surface area contributed by atoms with Crippen LogP contribution in [0.15, 0.2) is 71.8 Å². The second-order valence-electron chi connectivity index (χ2n) is 9.56. The van der Waals surface area contributed by atoms with Crippen molar-refractivity contribution in [2.24, 2.45) is 5.92 Å². The number of aromatic nitrogens is 1. The first-order valence-electron chi connectivity index (χ1n) is 12.5. The number of aliphatic hydroxyl groups is 1. The molecule has 0 bridgehead atoms. The number of fused-ring (bicyclic) bond motifs is 1. The smallest absolute Gasteiger partial charge is 0.272 e. The van der Waals surface area contributed by atoms with Crippen LogP contribution in [0.1, 0.15) is 35.5 Å². The second-order valence-corrected chi connectivity index (χ2v) is 11.4. The van der Waals surface area contributed by atoms with Crippen LogP contribution in [0.5, 0.6) is 5.75 Å². The maximum absolute atomic E-state index is 13.7. The minimum Gasteiger partial charge on any atom is -0.487 e. The van der Waals surface area contributed by atoms with Crippen LogP contribution in [0.3, 0.4) is 0 Å². The molecule has 0 aliphatic carbocycles. The van der Waals surface area contributed by atoms with Gasteiger partial charge in [-0.05, 0) is 61.5 Å². The van der Waals surface area contributed by atoms with Crippen molar-refractivity contribution in [1.82, 2.24) is 14.2 Å². The molecule has 0 saturated heterocycles. The lowest BCUT2D eigenvalue weighted by Gasteiger charge is -2.37. The number of rotatable bonds is 5. The number of hydrogen-bond acceptors (Lipinski definition) is 6. The monoisotopic (exact) mass is 551 g/mol. The highest BCUT2D eigenvalue weighted by Crippen LogP contribution is 2.34. The van der Waals surface area contributed by atoms with Gasteiger partial charge in [-0.3, -0.25) is 9.78 Å². The molecule has 0 spiro atoms. The number of sulfonamides is 1. The summed E-state index contributed by atoms with van der Waals surface area (Å²) in [6.07, 6.45) is 0.963. The predicted molar refractivity (Wildman–Crippen MR) is 144 cm³/mol. The highest BCUT2D eigenvalue weighted by molar-refractivity contribution is 7.89. The molecule has 0 radical (unpaired) electrons. The van der Waals surface area contributed by atoms with E-state index < -0.39 is 22.2 Å². The van der Waals surface area contributed by atoms with E-state index in [0.29, 0.717) is 11.1 Å². The van der Waals surface area contributed by atoms with E-state index in [0.717, 1.165) is 0 Å². The fourth-order valence-electron chi connectivity index (χ4n) is 4.24. The van der Waals surface area contributed by atoms with Gasteiger partial charge in [0.2, 0.25) is 10.0 Å². The lowest BCUT2D eigenvalue weighted by Crippen LogP contribution is -2.50. The van der Waals surface area contributed by atoms with Gasteiger partial charge in [0.15, 0.2) is 0 Å². The molecule has 1 amide bonds. The Labute approximate surface area is 228 Å². The highest BCUT2D eigenvalue weighted by atomic mass is 32.2. The minimum atomic E-state index is -4.02. The van der Waals surface area contributed by atoms with E-state index in [2.05, 4.69) is 16.8 Å².